The maximum Gasteiger partial charge on any atom is 0.282 e. The number of hydrazine groups is 1. The van der Waals surface area contributed by atoms with Gasteiger partial charge in [-0.15, -0.1) is 0 Å². The van der Waals surface area contributed by atoms with E-state index < -0.39 is 0 Å². The molecule has 2 aromatic rings. The Morgan fingerprint density at radius 2 is 2.00 bits per heavy atom. The number of carbonyl (C=O) groups excluding carboxylic acids is 1. The van der Waals surface area contributed by atoms with Crippen molar-refractivity contribution in [3.05, 3.63) is 52.3 Å². The van der Waals surface area contributed by atoms with Gasteiger partial charge in [0.15, 0.2) is 0 Å². The van der Waals surface area contributed by atoms with E-state index in [1.807, 2.05) is 0 Å². The summed E-state index contributed by atoms with van der Waals surface area (Å²) in [4.78, 5) is 11.5. The Labute approximate surface area is 108 Å². The molecule has 0 aliphatic rings. The van der Waals surface area contributed by atoms with E-state index in [-0.39, 0.29) is 5.91 Å². The molecule has 0 aliphatic heterocycles. The van der Waals surface area contributed by atoms with Gasteiger partial charge in [-0.2, -0.15) is 0 Å². The number of halogens is 2. The molecular weight excluding hydrogens is 261 g/mol. The molecule has 1 heterocycles. The first-order valence-electron chi connectivity index (χ1n) is 4.77. The number of nitrogens with two attached hydrogens (primary N) is 1. The van der Waals surface area contributed by atoms with Crippen LogP contribution in [-0.2, 0) is 0 Å². The van der Waals surface area contributed by atoms with Gasteiger partial charge in [-0.1, -0.05) is 23.2 Å². The highest BCUT2D eigenvalue weighted by atomic mass is 35.5. The highest BCUT2D eigenvalue weighted by Crippen LogP contribution is 2.25. The van der Waals surface area contributed by atoms with Crippen LogP contribution in [0, 0.1) is 0 Å². The van der Waals surface area contributed by atoms with Gasteiger partial charge in [-0.3, -0.25) is 10.2 Å². The largest absolute Gasteiger partial charge is 0.312 e. The molecule has 6 heteroatoms. The molecule has 0 unspecified atom stereocenters. The third-order valence-electron chi connectivity index (χ3n) is 2.29. The molecule has 3 N–H and O–H groups in total. The summed E-state index contributed by atoms with van der Waals surface area (Å²) in [5.74, 6) is 4.73. The molecule has 17 heavy (non-hydrogen) atoms. The molecule has 88 valence electrons. The fraction of sp³-hybridized carbons (Fsp3) is 0. The zero-order valence-electron chi connectivity index (χ0n) is 8.65. The number of hydrogen-bond donors (Lipinski definition) is 2. The molecular formula is C11H9Cl2N3O. The number of nitrogens with zero attached hydrogens (tertiary/aromatic N) is 1. The molecule has 0 fully saturated rings. The lowest BCUT2D eigenvalue weighted by Gasteiger charge is -2.08. The van der Waals surface area contributed by atoms with E-state index >= 15 is 0 Å². The molecule has 0 atom stereocenters. The predicted octanol–water partition coefficient (Wildman–Crippen LogP) is 2.39. The number of rotatable bonds is 2. The first-order valence-corrected chi connectivity index (χ1v) is 5.53. The maximum atomic E-state index is 11.5. The highest BCUT2D eigenvalue weighted by Gasteiger charge is 2.11. The zero-order chi connectivity index (χ0) is 12.4. The summed E-state index contributed by atoms with van der Waals surface area (Å²) in [6, 6.07) is 8.51. The van der Waals surface area contributed by atoms with Gasteiger partial charge in [0.25, 0.3) is 5.91 Å². The maximum absolute atomic E-state index is 11.5. The molecule has 4 nitrogen and oxygen atoms in total. The van der Waals surface area contributed by atoms with Crippen LogP contribution in [0.1, 0.15) is 10.5 Å². The van der Waals surface area contributed by atoms with Gasteiger partial charge in [-0.25, -0.2) is 5.84 Å². The second-order valence-corrected chi connectivity index (χ2v) is 4.15. The number of hydrogen-bond acceptors (Lipinski definition) is 2. The number of amides is 1. The van der Waals surface area contributed by atoms with E-state index in [2.05, 4.69) is 5.43 Å². The van der Waals surface area contributed by atoms with Gasteiger partial charge in [0, 0.05) is 11.9 Å². The van der Waals surface area contributed by atoms with Gasteiger partial charge >= 0.3 is 0 Å². The van der Waals surface area contributed by atoms with E-state index in [1.54, 1.807) is 41.1 Å². The second kappa shape index (κ2) is 4.79. The van der Waals surface area contributed by atoms with Crippen molar-refractivity contribution in [2.75, 3.05) is 0 Å². The predicted molar refractivity (Wildman–Crippen MR) is 67.4 cm³/mol. The monoisotopic (exact) mass is 269 g/mol. The van der Waals surface area contributed by atoms with E-state index in [0.29, 0.717) is 15.7 Å². The van der Waals surface area contributed by atoms with Crippen LogP contribution in [0.5, 0.6) is 0 Å². The van der Waals surface area contributed by atoms with E-state index in [4.69, 9.17) is 29.0 Å². The van der Waals surface area contributed by atoms with Crippen molar-refractivity contribution in [2.24, 2.45) is 5.84 Å². The lowest BCUT2D eigenvalue weighted by atomic mass is 10.3. The van der Waals surface area contributed by atoms with Crippen LogP contribution in [0.4, 0.5) is 0 Å². The topological polar surface area (TPSA) is 60.0 Å². The van der Waals surface area contributed by atoms with Crippen molar-refractivity contribution >= 4 is 29.1 Å². The van der Waals surface area contributed by atoms with Gasteiger partial charge in [-0.05, 0) is 30.3 Å². The molecule has 2 rings (SSSR count). The molecule has 0 saturated heterocycles. The zero-order valence-corrected chi connectivity index (χ0v) is 10.2. The Balaban J connectivity index is 2.50. The van der Waals surface area contributed by atoms with Crippen molar-refractivity contribution in [3.8, 4) is 5.69 Å². The van der Waals surface area contributed by atoms with E-state index in [1.165, 1.54) is 0 Å². The number of nitrogens with one attached hydrogen (secondary N) is 1. The fourth-order valence-electron chi connectivity index (χ4n) is 1.50. The molecule has 1 aromatic carbocycles. The summed E-state index contributed by atoms with van der Waals surface area (Å²) in [5.41, 5.74) is 3.25. The summed E-state index contributed by atoms with van der Waals surface area (Å²) in [6.07, 6.45) is 1.74. The average molecular weight is 270 g/mol. The summed E-state index contributed by atoms with van der Waals surface area (Å²) in [7, 11) is 0. The quantitative estimate of drug-likeness (QED) is 0.500. The summed E-state index contributed by atoms with van der Waals surface area (Å²) in [6.45, 7) is 0. The Kier molecular flexibility index (Phi) is 3.38. The molecule has 0 bridgehead atoms. The third-order valence-corrected chi connectivity index (χ3v) is 3.03. The van der Waals surface area contributed by atoms with Crippen LogP contribution >= 0.6 is 23.2 Å². The minimum atomic E-state index is -0.374. The van der Waals surface area contributed by atoms with Crippen molar-refractivity contribution in [3.63, 3.8) is 0 Å². The first-order chi connectivity index (χ1) is 8.13. The van der Waals surface area contributed by atoms with E-state index in [9.17, 15) is 4.79 Å². The number of nitrogen functional groups attached to an aromatic ring is 1. The van der Waals surface area contributed by atoms with Crippen molar-refractivity contribution in [1.29, 1.82) is 0 Å². The summed E-state index contributed by atoms with van der Waals surface area (Å²) < 4.78 is 1.67. The summed E-state index contributed by atoms with van der Waals surface area (Å²) in [5, 5.41) is 0.893. The number of aromatic nitrogens is 1. The Bertz CT molecular complexity index is 566. The van der Waals surface area contributed by atoms with Crippen LogP contribution < -0.4 is 11.3 Å². The molecule has 0 radical (unpaired) electrons. The minimum Gasteiger partial charge on any atom is -0.312 e. The standard InChI is InChI=1S/C11H9Cl2N3O/c12-8-4-3-7(6-9(8)13)16-5-1-2-10(16)11(17)15-14/h1-6H,14H2,(H,15,17). The van der Waals surface area contributed by atoms with Crippen molar-refractivity contribution in [1.82, 2.24) is 9.99 Å². The van der Waals surface area contributed by atoms with Gasteiger partial charge in [0.2, 0.25) is 0 Å². The average Bonchev–Trinajstić information content (AvgIpc) is 2.80. The van der Waals surface area contributed by atoms with Crippen LogP contribution in [0.2, 0.25) is 10.0 Å². The Morgan fingerprint density at radius 1 is 1.24 bits per heavy atom. The lowest BCUT2D eigenvalue weighted by Crippen LogP contribution is -2.31. The fourth-order valence-corrected chi connectivity index (χ4v) is 1.79. The highest BCUT2D eigenvalue weighted by molar-refractivity contribution is 6.42. The second-order valence-electron chi connectivity index (χ2n) is 3.34. The van der Waals surface area contributed by atoms with Crippen LogP contribution in [0.25, 0.3) is 5.69 Å². The minimum absolute atomic E-state index is 0.374. The molecule has 1 amide bonds. The Morgan fingerprint density at radius 3 is 2.65 bits per heavy atom. The third kappa shape index (κ3) is 2.29. The van der Waals surface area contributed by atoms with Gasteiger partial charge in [0.05, 0.1) is 10.0 Å². The number of benzene rings is 1. The Hall–Kier alpha value is -1.49. The molecule has 0 aliphatic carbocycles. The van der Waals surface area contributed by atoms with Crippen LogP contribution in [0.3, 0.4) is 0 Å². The summed E-state index contributed by atoms with van der Waals surface area (Å²) >= 11 is 11.8. The number of carbonyl (C=O) groups is 1. The molecule has 0 saturated carbocycles. The SMILES string of the molecule is NNC(=O)c1cccn1-c1ccc(Cl)c(Cl)c1. The van der Waals surface area contributed by atoms with Gasteiger partial charge in [0.1, 0.15) is 5.69 Å². The molecule has 1 aromatic heterocycles. The van der Waals surface area contributed by atoms with Crippen LogP contribution in [-0.4, -0.2) is 10.5 Å². The van der Waals surface area contributed by atoms with Crippen molar-refractivity contribution < 1.29 is 4.79 Å². The smallest absolute Gasteiger partial charge is 0.282 e. The van der Waals surface area contributed by atoms with E-state index in [0.717, 1.165) is 5.69 Å². The van der Waals surface area contributed by atoms with Crippen molar-refractivity contribution in [2.45, 2.75) is 0 Å². The van der Waals surface area contributed by atoms with Gasteiger partial charge < -0.3 is 4.57 Å². The first kappa shape index (κ1) is 12.0. The molecule has 0 spiro atoms. The lowest BCUT2D eigenvalue weighted by molar-refractivity contribution is 0.0947. The van der Waals surface area contributed by atoms with Crippen LogP contribution in [0.15, 0.2) is 36.5 Å². The normalized spacial score (nSPS) is 10.3.